The number of hydrogen-bond donors (Lipinski definition) is 0. The lowest BCUT2D eigenvalue weighted by Gasteiger charge is -2.43. The predicted molar refractivity (Wildman–Crippen MR) is 80.3 cm³/mol. The largest absolute Gasteiger partial charge is 0.493 e. The van der Waals surface area contributed by atoms with Gasteiger partial charge in [-0.05, 0) is 12.1 Å². The number of carbonyl (C=O) groups is 3. The maximum Gasteiger partial charge on any atom is 0.257 e. The average Bonchev–Trinajstić information content (AvgIpc) is 2.84. The van der Waals surface area contributed by atoms with Gasteiger partial charge in [0.2, 0.25) is 11.8 Å². The highest BCUT2D eigenvalue weighted by molar-refractivity contribution is 6.03. The summed E-state index contributed by atoms with van der Waals surface area (Å²) in [6.45, 7) is 0.716. The second-order valence-electron chi connectivity index (χ2n) is 5.56. The summed E-state index contributed by atoms with van der Waals surface area (Å²) < 4.78 is 10.5. The van der Waals surface area contributed by atoms with E-state index in [4.69, 9.17) is 9.47 Å². The minimum Gasteiger partial charge on any atom is -0.493 e. The van der Waals surface area contributed by atoms with Crippen molar-refractivity contribution in [1.29, 1.82) is 0 Å². The van der Waals surface area contributed by atoms with Gasteiger partial charge in [0.25, 0.3) is 5.91 Å². The zero-order valence-electron chi connectivity index (χ0n) is 13.1. The molecule has 3 amide bonds. The number of imide groups is 1. The van der Waals surface area contributed by atoms with Gasteiger partial charge < -0.3 is 14.4 Å². The van der Waals surface area contributed by atoms with E-state index in [1.54, 1.807) is 23.1 Å². The van der Waals surface area contributed by atoms with Crippen LogP contribution in [0.25, 0.3) is 0 Å². The van der Waals surface area contributed by atoms with Gasteiger partial charge in [-0.15, -0.1) is 0 Å². The van der Waals surface area contributed by atoms with Crippen LogP contribution in [0, 0.1) is 0 Å². The minimum absolute atomic E-state index is 0.147. The molecule has 0 atom stereocenters. The van der Waals surface area contributed by atoms with Crippen molar-refractivity contribution < 1.29 is 23.9 Å². The number of methoxy groups -OCH3 is 2. The first-order chi connectivity index (χ1) is 11.1. The van der Waals surface area contributed by atoms with Crippen LogP contribution in [-0.4, -0.2) is 60.9 Å². The number of carbonyl (C=O) groups excluding carboxylic acids is 3. The molecular formula is C16H18N2O5. The average molecular weight is 318 g/mol. The molecule has 0 aromatic heterocycles. The Bertz CT molecular complexity index is 650. The molecule has 0 spiro atoms. The molecule has 0 aliphatic carbocycles. The van der Waals surface area contributed by atoms with E-state index < -0.39 is 0 Å². The first kappa shape index (κ1) is 15.3. The number of nitrogens with zero attached hydrogens (tertiary/aromatic N) is 2. The van der Waals surface area contributed by atoms with Crippen molar-refractivity contribution in [2.45, 2.75) is 18.9 Å². The van der Waals surface area contributed by atoms with Gasteiger partial charge in [-0.1, -0.05) is 6.07 Å². The molecule has 2 fully saturated rings. The predicted octanol–water partition coefficient (Wildman–Crippen LogP) is 0.677. The topological polar surface area (TPSA) is 76.2 Å². The molecule has 0 radical (unpaired) electrons. The maximum atomic E-state index is 12.6. The van der Waals surface area contributed by atoms with E-state index in [1.165, 1.54) is 19.1 Å². The minimum atomic E-state index is -0.210. The second kappa shape index (κ2) is 5.91. The highest BCUT2D eigenvalue weighted by Crippen LogP contribution is 2.33. The molecule has 7 nitrogen and oxygen atoms in total. The van der Waals surface area contributed by atoms with Gasteiger partial charge in [-0.25, -0.2) is 0 Å². The van der Waals surface area contributed by atoms with Crippen LogP contribution in [-0.2, 0) is 9.59 Å². The molecule has 1 aromatic rings. The normalized spacial score (nSPS) is 18.2. The van der Waals surface area contributed by atoms with E-state index in [0.29, 0.717) is 30.2 Å². The Morgan fingerprint density at radius 2 is 1.74 bits per heavy atom. The zero-order chi connectivity index (χ0) is 16.6. The van der Waals surface area contributed by atoms with Gasteiger partial charge in [0.05, 0.1) is 25.8 Å². The first-order valence-electron chi connectivity index (χ1n) is 7.42. The quantitative estimate of drug-likeness (QED) is 0.763. The van der Waals surface area contributed by atoms with Crippen LogP contribution in [0.3, 0.4) is 0 Å². The molecule has 23 heavy (non-hydrogen) atoms. The molecule has 0 bridgehead atoms. The van der Waals surface area contributed by atoms with Crippen LogP contribution >= 0.6 is 0 Å². The molecule has 2 saturated heterocycles. The number of benzene rings is 1. The van der Waals surface area contributed by atoms with Crippen LogP contribution in [0.1, 0.15) is 23.2 Å². The second-order valence-corrected chi connectivity index (χ2v) is 5.56. The van der Waals surface area contributed by atoms with Crippen LogP contribution in [0.5, 0.6) is 11.5 Å². The lowest BCUT2D eigenvalue weighted by Crippen LogP contribution is -2.62. The van der Waals surface area contributed by atoms with Crippen LogP contribution < -0.4 is 9.47 Å². The van der Waals surface area contributed by atoms with Crippen LogP contribution in [0.4, 0.5) is 0 Å². The fraction of sp³-hybridized carbons (Fsp3) is 0.438. The SMILES string of the molecule is COc1cccc(C(=O)N2CC(N3C(=O)CCC3=O)C2)c1OC. The first-order valence-corrected chi connectivity index (χ1v) is 7.42. The van der Waals surface area contributed by atoms with Crippen molar-refractivity contribution in [3.63, 3.8) is 0 Å². The summed E-state index contributed by atoms with van der Waals surface area (Å²) in [5.41, 5.74) is 0.407. The fourth-order valence-corrected chi connectivity index (χ4v) is 3.01. The van der Waals surface area contributed by atoms with Crippen molar-refractivity contribution in [1.82, 2.24) is 9.80 Å². The number of para-hydroxylation sites is 1. The van der Waals surface area contributed by atoms with Crippen molar-refractivity contribution in [3.8, 4) is 11.5 Å². The molecule has 0 saturated carbocycles. The van der Waals surface area contributed by atoms with Crippen LogP contribution in [0.2, 0.25) is 0 Å². The van der Waals surface area contributed by atoms with E-state index >= 15 is 0 Å². The summed E-state index contributed by atoms with van der Waals surface area (Å²) in [7, 11) is 2.99. The van der Waals surface area contributed by atoms with Crippen molar-refractivity contribution in [2.24, 2.45) is 0 Å². The molecule has 3 rings (SSSR count). The van der Waals surface area contributed by atoms with E-state index in [1.807, 2.05) is 0 Å². The Kier molecular flexibility index (Phi) is 3.94. The van der Waals surface area contributed by atoms with Gasteiger partial charge in [-0.2, -0.15) is 0 Å². The third-order valence-electron chi connectivity index (χ3n) is 4.24. The Balaban J connectivity index is 1.72. The van der Waals surface area contributed by atoms with Gasteiger partial charge in [-0.3, -0.25) is 19.3 Å². The summed E-state index contributed by atoms with van der Waals surface area (Å²) >= 11 is 0. The van der Waals surface area contributed by atoms with Gasteiger partial charge in [0.15, 0.2) is 11.5 Å². The van der Waals surface area contributed by atoms with Gasteiger partial charge >= 0.3 is 0 Å². The Hall–Kier alpha value is -2.57. The molecular weight excluding hydrogens is 300 g/mol. The Morgan fingerprint density at radius 3 is 2.30 bits per heavy atom. The Labute approximate surface area is 133 Å². The lowest BCUT2D eigenvalue weighted by atomic mass is 10.0. The zero-order valence-corrected chi connectivity index (χ0v) is 13.1. The summed E-state index contributed by atoms with van der Waals surface area (Å²) in [5.74, 6) is 0.380. The van der Waals surface area contributed by atoms with E-state index in [2.05, 4.69) is 0 Å². The molecule has 122 valence electrons. The van der Waals surface area contributed by atoms with E-state index in [-0.39, 0.29) is 36.6 Å². The summed E-state index contributed by atoms with van der Waals surface area (Å²) in [5, 5.41) is 0. The third kappa shape index (κ3) is 2.52. The number of likely N-dealkylation sites (tertiary alicyclic amines) is 2. The molecule has 0 N–H and O–H groups in total. The highest BCUT2D eigenvalue weighted by atomic mass is 16.5. The molecule has 1 aromatic carbocycles. The smallest absolute Gasteiger partial charge is 0.257 e. The van der Waals surface area contributed by atoms with Gasteiger partial charge in [0, 0.05) is 25.9 Å². The van der Waals surface area contributed by atoms with Gasteiger partial charge in [0.1, 0.15) is 0 Å². The summed E-state index contributed by atoms with van der Waals surface area (Å²) in [6, 6.07) is 4.90. The number of rotatable bonds is 4. The maximum absolute atomic E-state index is 12.6. The summed E-state index contributed by atoms with van der Waals surface area (Å²) in [4.78, 5) is 38.9. The number of ether oxygens (including phenoxy) is 2. The van der Waals surface area contributed by atoms with Crippen molar-refractivity contribution in [3.05, 3.63) is 23.8 Å². The Morgan fingerprint density at radius 1 is 1.09 bits per heavy atom. The number of amides is 3. The highest BCUT2D eigenvalue weighted by Gasteiger charge is 2.43. The lowest BCUT2D eigenvalue weighted by molar-refractivity contribution is -0.144. The van der Waals surface area contributed by atoms with Crippen molar-refractivity contribution >= 4 is 17.7 Å². The van der Waals surface area contributed by atoms with Crippen LogP contribution in [0.15, 0.2) is 18.2 Å². The molecule has 0 unspecified atom stereocenters. The molecule has 7 heteroatoms. The summed E-state index contributed by atoms with van der Waals surface area (Å²) in [6.07, 6.45) is 0.542. The molecule has 2 aliphatic heterocycles. The third-order valence-corrected chi connectivity index (χ3v) is 4.24. The fourth-order valence-electron chi connectivity index (χ4n) is 3.01. The van der Waals surface area contributed by atoms with Crippen molar-refractivity contribution in [2.75, 3.05) is 27.3 Å². The van der Waals surface area contributed by atoms with E-state index in [9.17, 15) is 14.4 Å². The molecule has 2 heterocycles. The van der Waals surface area contributed by atoms with E-state index in [0.717, 1.165) is 0 Å². The standard InChI is InChI=1S/C16H18N2O5/c1-22-12-5-3-4-11(15(12)23-2)16(21)17-8-10(9-17)18-13(19)6-7-14(18)20/h3-5,10H,6-9H2,1-2H3. The monoisotopic (exact) mass is 318 g/mol. The number of hydrogen-bond acceptors (Lipinski definition) is 5. The molecule has 2 aliphatic rings.